The fourth-order valence-electron chi connectivity index (χ4n) is 2.04. The average Bonchev–Trinajstić information content (AvgIpc) is 2.47. The minimum absolute atomic E-state index is 0.197. The maximum Gasteiger partial charge on any atom is 0.488 e. The van der Waals surface area contributed by atoms with Gasteiger partial charge in [-0.25, -0.2) is 4.98 Å². The van der Waals surface area contributed by atoms with E-state index in [4.69, 9.17) is 10.0 Å². The molecular formula is C14H11BN2O3. The van der Waals surface area contributed by atoms with Gasteiger partial charge in [-0.1, -0.05) is 36.4 Å². The summed E-state index contributed by atoms with van der Waals surface area (Å²) in [6.45, 7) is 0. The third kappa shape index (κ3) is 2.22. The molecule has 0 spiro atoms. The zero-order chi connectivity index (χ0) is 14.1. The van der Waals surface area contributed by atoms with Gasteiger partial charge in [-0.05, 0) is 17.6 Å². The fourth-order valence-corrected chi connectivity index (χ4v) is 2.04. The number of fused-ring (bicyclic) bond motifs is 1. The molecule has 3 rings (SSSR count). The van der Waals surface area contributed by atoms with Crippen LogP contribution in [0, 0.1) is 0 Å². The molecule has 0 amide bonds. The van der Waals surface area contributed by atoms with Crippen molar-refractivity contribution in [1.29, 1.82) is 0 Å². The molecule has 1 heterocycles. The standard InChI is InChI=1S/C14H11BN2O3/c18-14-11-3-1-2-4-12(11)16-13(17-14)9-5-7-10(8-6-9)15(19)20/h1-8,19-20H,(H,16,17,18). The van der Waals surface area contributed by atoms with E-state index < -0.39 is 7.12 Å². The number of rotatable bonds is 2. The van der Waals surface area contributed by atoms with E-state index in [-0.39, 0.29) is 5.56 Å². The second kappa shape index (κ2) is 4.92. The van der Waals surface area contributed by atoms with Crippen molar-refractivity contribution >= 4 is 23.5 Å². The molecule has 0 atom stereocenters. The van der Waals surface area contributed by atoms with E-state index in [0.717, 1.165) is 0 Å². The molecule has 3 N–H and O–H groups in total. The minimum Gasteiger partial charge on any atom is -0.423 e. The van der Waals surface area contributed by atoms with Crippen LogP contribution < -0.4 is 11.0 Å². The first-order chi connectivity index (χ1) is 9.65. The summed E-state index contributed by atoms with van der Waals surface area (Å²) in [4.78, 5) is 19.1. The van der Waals surface area contributed by atoms with Crippen LogP contribution >= 0.6 is 0 Å². The van der Waals surface area contributed by atoms with E-state index in [9.17, 15) is 4.79 Å². The average molecular weight is 266 g/mol. The SMILES string of the molecule is O=c1[nH]c(-c2ccc(B(O)O)cc2)nc2ccccc12. The highest BCUT2D eigenvalue weighted by molar-refractivity contribution is 6.58. The number of hydrogen-bond donors (Lipinski definition) is 3. The first kappa shape index (κ1) is 12.6. The van der Waals surface area contributed by atoms with Crippen molar-refractivity contribution in [3.63, 3.8) is 0 Å². The summed E-state index contributed by atoms with van der Waals surface area (Å²) < 4.78 is 0. The normalized spacial score (nSPS) is 10.7. The van der Waals surface area contributed by atoms with Crippen molar-refractivity contribution in [2.75, 3.05) is 0 Å². The number of hydrogen-bond acceptors (Lipinski definition) is 4. The Morgan fingerprint density at radius 1 is 1.00 bits per heavy atom. The summed E-state index contributed by atoms with van der Waals surface area (Å²) in [5.41, 5.74) is 1.52. The summed E-state index contributed by atoms with van der Waals surface area (Å²) >= 11 is 0. The summed E-state index contributed by atoms with van der Waals surface area (Å²) in [6, 6.07) is 13.6. The molecule has 0 unspecified atom stereocenters. The lowest BCUT2D eigenvalue weighted by molar-refractivity contribution is 0.426. The molecule has 2 aromatic carbocycles. The quantitative estimate of drug-likeness (QED) is 0.581. The Morgan fingerprint density at radius 3 is 2.40 bits per heavy atom. The van der Waals surface area contributed by atoms with Gasteiger partial charge in [0.1, 0.15) is 5.82 Å². The van der Waals surface area contributed by atoms with E-state index in [1.54, 1.807) is 42.5 Å². The van der Waals surface area contributed by atoms with Gasteiger partial charge in [-0.3, -0.25) is 4.79 Å². The summed E-state index contributed by atoms with van der Waals surface area (Å²) in [6.07, 6.45) is 0. The molecule has 5 nitrogen and oxygen atoms in total. The maximum atomic E-state index is 12.0. The van der Waals surface area contributed by atoms with Gasteiger partial charge in [0.05, 0.1) is 10.9 Å². The molecule has 0 aliphatic carbocycles. The van der Waals surface area contributed by atoms with Crippen LogP contribution in [-0.2, 0) is 0 Å². The van der Waals surface area contributed by atoms with Crippen molar-refractivity contribution in [3.05, 3.63) is 58.9 Å². The predicted molar refractivity (Wildman–Crippen MR) is 77.6 cm³/mol. The van der Waals surface area contributed by atoms with Crippen molar-refractivity contribution < 1.29 is 10.0 Å². The highest BCUT2D eigenvalue weighted by Crippen LogP contribution is 2.15. The largest absolute Gasteiger partial charge is 0.488 e. The van der Waals surface area contributed by atoms with Crippen LogP contribution in [0.1, 0.15) is 0 Å². The van der Waals surface area contributed by atoms with Gasteiger partial charge in [0, 0.05) is 5.56 Å². The number of nitrogens with zero attached hydrogens (tertiary/aromatic N) is 1. The van der Waals surface area contributed by atoms with Crippen LogP contribution in [0.25, 0.3) is 22.3 Å². The summed E-state index contributed by atoms with van der Waals surface area (Å²) in [7, 11) is -1.51. The number of aromatic amines is 1. The first-order valence-corrected chi connectivity index (χ1v) is 6.11. The monoisotopic (exact) mass is 266 g/mol. The van der Waals surface area contributed by atoms with Crippen LogP contribution in [0.4, 0.5) is 0 Å². The third-order valence-electron chi connectivity index (χ3n) is 3.10. The molecule has 0 radical (unpaired) electrons. The van der Waals surface area contributed by atoms with Gasteiger partial charge in [0.25, 0.3) is 5.56 Å². The van der Waals surface area contributed by atoms with Gasteiger partial charge < -0.3 is 15.0 Å². The van der Waals surface area contributed by atoms with Crippen molar-refractivity contribution in [1.82, 2.24) is 9.97 Å². The Labute approximate surface area is 114 Å². The van der Waals surface area contributed by atoms with E-state index in [0.29, 0.717) is 27.8 Å². The second-order valence-electron chi connectivity index (χ2n) is 4.43. The lowest BCUT2D eigenvalue weighted by atomic mass is 9.80. The van der Waals surface area contributed by atoms with E-state index >= 15 is 0 Å². The smallest absolute Gasteiger partial charge is 0.423 e. The Kier molecular flexibility index (Phi) is 3.10. The highest BCUT2D eigenvalue weighted by atomic mass is 16.4. The summed E-state index contributed by atoms with van der Waals surface area (Å²) in [5, 5.41) is 18.6. The van der Waals surface area contributed by atoms with E-state index in [2.05, 4.69) is 9.97 Å². The zero-order valence-corrected chi connectivity index (χ0v) is 10.4. The topological polar surface area (TPSA) is 86.2 Å². The predicted octanol–water partition coefficient (Wildman–Crippen LogP) is 0.270. The third-order valence-corrected chi connectivity index (χ3v) is 3.10. The number of nitrogens with one attached hydrogen (secondary N) is 1. The van der Waals surface area contributed by atoms with Gasteiger partial charge in [-0.2, -0.15) is 0 Å². The molecule has 1 aromatic heterocycles. The number of H-pyrrole nitrogens is 1. The zero-order valence-electron chi connectivity index (χ0n) is 10.4. The molecule has 0 saturated carbocycles. The van der Waals surface area contributed by atoms with Crippen LogP contribution in [0.15, 0.2) is 53.3 Å². The minimum atomic E-state index is -1.51. The molecule has 0 fully saturated rings. The highest BCUT2D eigenvalue weighted by Gasteiger charge is 2.11. The molecule has 6 heteroatoms. The molecule has 20 heavy (non-hydrogen) atoms. The molecule has 3 aromatic rings. The van der Waals surface area contributed by atoms with Crippen molar-refractivity contribution in [3.8, 4) is 11.4 Å². The van der Waals surface area contributed by atoms with Crippen molar-refractivity contribution in [2.24, 2.45) is 0 Å². The van der Waals surface area contributed by atoms with Gasteiger partial charge in [-0.15, -0.1) is 0 Å². The number of benzene rings is 2. The fraction of sp³-hybridized carbons (Fsp3) is 0. The molecule has 0 aliphatic heterocycles. The van der Waals surface area contributed by atoms with Crippen LogP contribution in [0.5, 0.6) is 0 Å². The van der Waals surface area contributed by atoms with Crippen LogP contribution in [0.2, 0.25) is 0 Å². The lowest BCUT2D eigenvalue weighted by Crippen LogP contribution is -2.29. The number of para-hydroxylation sites is 1. The summed E-state index contributed by atoms with van der Waals surface area (Å²) in [5.74, 6) is 0.452. The van der Waals surface area contributed by atoms with E-state index in [1.165, 1.54) is 0 Å². The van der Waals surface area contributed by atoms with Crippen LogP contribution in [0.3, 0.4) is 0 Å². The molecular weight excluding hydrogens is 255 g/mol. The van der Waals surface area contributed by atoms with Crippen molar-refractivity contribution in [2.45, 2.75) is 0 Å². The Bertz CT molecular complexity index is 813. The Balaban J connectivity index is 2.12. The van der Waals surface area contributed by atoms with Crippen LogP contribution in [-0.4, -0.2) is 27.1 Å². The van der Waals surface area contributed by atoms with Gasteiger partial charge >= 0.3 is 7.12 Å². The molecule has 0 aliphatic rings. The maximum absolute atomic E-state index is 12.0. The Hall–Kier alpha value is -2.44. The molecule has 98 valence electrons. The molecule has 0 bridgehead atoms. The first-order valence-electron chi connectivity index (χ1n) is 6.11. The van der Waals surface area contributed by atoms with Gasteiger partial charge in [0.2, 0.25) is 0 Å². The second-order valence-corrected chi connectivity index (χ2v) is 4.43. The molecule has 0 saturated heterocycles. The lowest BCUT2D eigenvalue weighted by Gasteiger charge is -2.04. The Morgan fingerprint density at radius 2 is 1.70 bits per heavy atom. The van der Waals surface area contributed by atoms with Gasteiger partial charge in [0.15, 0.2) is 0 Å². The van der Waals surface area contributed by atoms with E-state index in [1.807, 2.05) is 6.07 Å². The number of aromatic nitrogens is 2.